The van der Waals surface area contributed by atoms with Gasteiger partial charge in [-0.15, -0.1) is 0 Å². The van der Waals surface area contributed by atoms with Crippen molar-refractivity contribution in [2.45, 2.75) is 29.5 Å². The SMILES string of the molecule is NC1(N)C2CC(O)C1C(N)(N)C2(N)N. The molecule has 3 atom stereocenters. The lowest BCUT2D eigenvalue weighted by Gasteiger charge is -2.44. The molecule has 13 N–H and O–H groups in total. The first-order valence-corrected chi connectivity index (χ1v) is 4.54. The van der Waals surface area contributed by atoms with Crippen LogP contribution >= 0.6 is 0 Å². The number of aliphatic hydroxyl groups is 1. The molecule has 82 valence electrons. The van der Waals surface area contributed by atoms with Crippen LogP contribution in [0.1, 0.15) is 6.42 Å². The van der Waals surface area contributed by atoms with Crippen LogP contribution in [0.15, 0.2) is 0 Å². The van der Waals surface area contributed by atoms with Crippen molar-refractivity contribution in [2.75, 3.05) is 0 Å². The zero-order valence-electron chi connectivity index (χ0n) is 7.85. The average Bonchev–Trinajstić information content (AvgIpc) is 2.23. The number of hydrogen-bond donors (Lipinski definition) is 7. The van der Waals surface area contributed by atoms with Crippen LogP contribution in [0.3, 0.4) is 0 Å². The first kappa shape index (κ1) is 10.2. The third kappa shape index (κ3) is 0.812. The highest BCUT2D eigenvalue weighted by molar-refractivity contribution is 5.29. The zero-order chi connectivity index (χ0) is 10.9. The third-order valence-corrected chi connectivity index (χ3v) is 3.85. The lowest BCUT2D eigenvalue weighted by molar-refractivity contribution is 0.0219. The van der Waals surface area contributed by atoms with Gasteiger partial charge in [-0.2, -0.15) is 0 Å². The van der Waals surface area contributed by atoms with E-state index in [9.17, 15) is 5.11 Å². The highest BCUT2D eigenvalue weighted by Crippen LogP contribution is 2.53. The second kappa shape index (κ2) is 2.27. The normalized spacial score (nSPS) is 46.9. The minimum absolute atomic E-state index is 0.348. The van der Waals surface area contributed by atoms with Gasteiger partial charge in [0.05, 0.1) is 17.7 Å². The van der Waals surface area contributed by atoms with Gasteiger partial charge in [-0.25, -0.2) is 0 Å². The molecule has 0 aliphatic heterocycles. The Hall–Kier alpha value is -0.280. The van der Waals surface area contributed by atoms with Gasteiger partial charge in [0.25, 0.3) is 0 Å². The molecule has 2 bridgehead atoms. The van der Waals surface area contributed by atoms with Crippen molar-refractivity contribution < 1.29 is 5.11 Å². The highest BCUT2D eigenvalue weighted by atomic mass is 16.3. The van der Waals surface area contributed by atoms with Gasteiger partial charge in [0.15, 0.2) is 0 Å². The average molecular weight is 202 g/mol. The van der Waals surface area contributed by atoms with Gasteiger partial charge in [-0.3, -0.25) is 0 Å². The van der Waals surface area contributed by atoms with E-state index in [1.165, 1.54) is 0 Å². The molecule has 2 aliphatic carbocycles. The molecule has 7 heteroatoms. The van der Waals surface area contributed by atoms with Crippen LogP contribution in [0.2, 0.25) is 0 Å². The quantitative estimate of drug-likeness (QED) is 0.195. The number of rotatable bonds is 0. The van der Waals surface area contributed by atoms with Gasteiger partial charge >= 0.3 is 0 Å². The van der Waals surface area contributed by atoms with Gasteiger partial charge in [-0.05, 0) is 6.42 Å². The van der Waals surface area contributed by atoms with Crippen LogP contribution in [0.5, 0.6) is 0 Å². The molecule has 0 spiro atoms. The number of fused-ring (bicyclic) bond motifs is 2. The van der Waals surface area contributed by atoms with Gasteiger partial charge in [0.1, 0.15) is 11.3 Å². The molecule has 2 aliphatic rings. The fourth-order valence-electron chi connectivity index (χ4n) is 3.04. The van der Waals surface area contributed by atoms with Crippen molar-refractivity contribution in [1.29, 1.82) is 0 Å². The molecular formula is C7H18N6O. The number of nitrogens with two attached hydrogens (primary N) is 6. The Morgan fingerprint density at radius 3 is 1.71 bits per heavy atom. The van der Waals surface area contributed by atoms with E-state index in [1.807, 2.05) is 0 Å². The largest absolute Gasteiger partial charge is 0.393 e. The Kier molecular flexibility index (Phi) is 1.66. The fourth-order valence-corrected chi connectivity index (χ4v) is 3.04. The smallest absolute Gasteiger partial charge is 0.104 e. The Balaban J connectivity index is 2.52. The second-order valence-corrected chi connectivity index (χ2v) is 4.70. The molecule has 2 saturated carbocycles. The second-order valence-electron chi connectivity index (χ2n) is 4.70. The van der Waals surface area contributed by atoms with Gasteiger partial charge in [0, 0.05) is 5.92 Å². The van der Waals surface area contributed by atoms with Crippen LogP contribution < -0.4 is 34.4 Å². The molecule has 0 aromatic carbocycles. The number of aliphatic hydroxyl groups excluding tert-OH is 1. The predicted molar refractivity (Wildman–Crippen MR) is 50.9 cm³/mol. The summed E-state index contributed by atoms with van der Waals surface area (Å²) in [4.78, 5) is 0. The van der Waals surface area contributed by atoms with Crippen LogP contribution in [-0.4, -0.2) is 28.2 Å². The monoisotopic (exact) mass is 202 g/mol. The third-order valence-electron chi connectivity index (χ3n) is 3.85. The van der Waals surface area contributed by atoms with E-state index in [0.29, 0.717) is 6.42 Å². The predicted octanol–water partition coefficient (Wildman–Crippen LogP) is -4.16. The fraction of sp³-hybridized carbons (Fsp3) is 1.00. The molecule has 0 saturated heterocycles. The Labute approximate surface area is 81.8 Å². The number of hydrogen-bond acceptors (Lipinski definition) is 7. The van der Waals surface area contributed by atoms with Gasteiger partial charge in [-0.1, -0.05) is 0 Å². The van der Waals surface area contributed by atoms with Crippen molar-refractivity contribution >= 4 is 0 Å². The summed E-state index contributed by atoms with van der Waals surface area (Å²) < 4.78 is 0. The molecule has 3 unspecified atom stereocenters. The maximum Gasteiger partial charge on any atom is 0.104 e. The van der Waals surface area contributed by atoms with Crippen LogP contribution in [0.4, 0.5) is 0 Å². The van der Waals surface area contributed by atoms with E-state index in [1.54, 1.807) is 0 Å². The molecule has 0 aromatic heterocycles. The first-order chi connectivity index (χ1) is 6.13. The molecule has 0 aromatic rings. The van der Waals surface area contributed by atoms with Crippen molar-refractivity contribution in [2.24, 2.45) is 46.2 Å². The zero-order valence-corrected chi connectivity index (χ0v) is 7.85. The summed E-state index contributed by atoms with van der Waals surface area (Å²) in [5.41, 5.74) is 31.1. The summed E-state index contributed by atoms with van der Waals surface area (Å²) in [5, 5.41) is 9.69. The molecular weight excluding hydrogens is 184 g/mol. The molecule has 0 heterocycles. The standard InChI is InChI=1S/C7H18N6O/c8-5(9)3-1-2(14)4(5)7(12,13)6(3,10)11/h2-4,14H,1,8-13H2. The molecule has 2 fully saturated rings. The van der Waals surface area contributed by atoms with E-state index in [4.69, 9.17) is 34.4 Å². The maximum atomic E-state index is 9.69. The molecule has 2 rings (SSSR count). The highest BCUT2D eigenvalue weighted by Gasteiger charge is 2.74. The minimum atomic E-state index is -1.43. The van der Waals surface area contributed by atoms with E-state index in [0.717, 1.165) is 0 Å². The van der Waals surface area contributed by atoms with Crippen LogP contribution in [0.25, 0.3) is 0 Å². The van der Waals surface area contributed by atoms with Crippen LogP contribution in [-0.2, 0) is 0 Å². The summed E-state index contributed by atoms with van der Waals surface area (Å²) >= 11 is 0. The Bertz CT molecular complexity index is 275. The minimum Gasteiger partial charge on any atom is -0.393 e. The molecule has 7 nitrogen and oxygen atoms in total. The van der Waals surface area contributed by atoms with Crippen molar-refractivity contribution in [1.82, 2.24) is 0 Å². The van der Waals surface area contributed by atoms with Crippen molar-refractivity contribution in [3.63, 3.8) is 0 Å². The van der Waals surface area contributed by atoms with Crippen molar-refractivity contribution in [3.05, 3.63) is 0 Å². The summed E-state index contributed by atoms with van der Waals surface area (Å²) in [5.74, 6) is -1.14. The van der Waals surface area contributed by atoms with E-state index in [-0.39, 0.29) is 0 Å². The van der Waals surface area contributed by atoms with Gasteiger partial charge < -0.3 is 39.5 Å². The van der Waals surface area contributed by atoms with Crippen LogP contribution in [0, 0.1) is 11.8 Å². The van der Waals surface area contributed by atoms with E-state index in [2.05, 4.69) is 0 Å². The maximum absolute atomic E-state index is 9.69. The first-order valence-electron chi connectivity index (χ1n) is 4.54. The van der Waals surface area contributed by atoms with Crippen molar-refractivity contribution in [3.8, 4) is 0 Å². The topological polar surface area (TPSA) is 176 Å². The summed E-state index contributed by atoms with van der Waals surface area (Å²) in [7, 11) is 0. The summed E-state index contributed by atoms with van der Waals surface area (Å²) in [6, 6.07) is 0. The summed E-state index contributed by atoms with van der Waals surface area (Å²) in [6.45, 7) is 0. The summed E-state index contributed by atoms with van der Waals surface area (Å²) in [6.07, 6.45) is -0.383. The lowest BCUT2D eigenvalue weighted by Crippen LogP contribution is -2.80. The molecule has 0 amide bonds. The van der Waals surface area contributed by atoms with E-state index >= 15 is 0 Å². The lowest BCUT2D eigenvalue weighted by atomic mass is 9.79. The van der Waals surface area contributed by atoms with Gasteiger partial charge in [0.2, 0.25) is 0 Å². The molecule has 14 heavy (non-hydrogen) atoms. The Morgan fingerprint density at radius 1 is 0.929 bits per heavy atom. The van der Waals surface area contributed by atoms with E-state index < -0.39 is 34.9 Å². The Morgan fingerprint density at radius 2 is 1.43 bits per heavy atom. The molecule has 0 radical (unpaired) electrons.